The van der Waals surface area contributed by atoms with Crippen molar-refractivity contribution in [2.45, 2.75) is 11.3 Å². The molecular formula is C20H17FN2O3S. The fourth-order valence-electron chi connectivity index (χ4n) is 2.28. The number of nitrogens with one attached hydrogen (secondary N) is 2. The van der Waals surface area contributed by atoms with Gasteiger partial charge in [0.2, 0.25) is 5.91 Å². The van der Waals surface area contributed by atoms with Crippen LogP contribution < -0.4 is 10.6 Å². The molecule has 0 fully saturated rings. The van der Waals surface area contributed by atoms with E-state index in [1.807, 2.05) is 0 Å². The van der Waals surface area contributed by atoms with Crippen LogP contribution in [0, 0.1) is 5.82 Å². The van der Waals surface area contributed by atoms with Gasteiger partial charge in [0.1, 0.15) is 5.82 Å². The number of rotatable bonds is 7. The van der Waals surface area contributed by atoms with Crippen LogP contribution in [-0.2, 0) is 4.79 Å². The molecule has 2 aromatic carbocycles. The summed E-state index contributed by atoms with van der Waals surface area (Å²) < 4.78 is 18.5. The van der Waals surface area contributed by atoms with Gasteiger partial charge in [0.05, 0.1) is 6.26 Å². The Morgan fingerprint density at radius 2 is 1.63 bits per heavy atom. The molecule has 0 saturated carbocycles. The maximum atomic E-state index is 13.5. The van der Waals surface area contributed by atoms with Crippen molar-refractivity contribution >= 4 is 35.0 Å². The molecule has 27 heavy (non-hydrogen) atoms. The number of hydrogen-bond donors (Lipinski definition) is 2. The molecule has 0 unspecified atom stereocenters. The van der Waals surface area contributed by atoms with E-state index in [9.17, 15) is 14.0 Å². The molecule has 0 saturated heterocycles. The van der Waals surface area contributed by atoms with Crippen molar-refractivity contribution in [3.63, 3.8) is 0 Å². The molecule has 0 bridgehead atoms. The largest absolute Gasteiger partial charge is 0.459 e. The van der Waals surface area contributed by atoms with E-state index in [2.05, 4.69) is 10.6 Å². The normalized spacial score (nSPS) is 10.4. The number of anilines is 2. The average Bonchev–Trinajstić information content (AvgIpc) is 3.20. The highest BCUT2D eigenvalue weighted by Gasteiger charge is 2.09. The molecule has 3 aromatic rings. The molecule has 0 radical (unpaired) electrons. The van der Waals surface area contributed by atoms with Crippen LogP contribution in [0.15, 0.2) is 76.2 Å². The van der Waals surface area contributed by atoms with Crippen LogP contribution in [0.2, 0.25) is 0 Å². The summed E-state index contributed by atoms with van der Waals surface area (Å²) in [5, 5.41) is 5.47. The molecule has 0 aliphatic rings. The predicted octanol–water partition coefficient (Wildman–Crippen LogP) is 4.79. The van der Waals surface area contributed by atoms with Crippen molar-refractivity contribution in [1.82, 2.24) is 0 Å². The van der Waals surface area contributed by atoms with Gasteiger partial charge in [0, 0.05) is 28.4 Å². The SMILES string of the molecule is O=C(CCSc1ccccc1F)Nc1ccc(NC(=O)c2ccco2)cc1. The van der Waals surface area contributed by atoms with E-state index in [1.165, 1.54) is 24.1 Å². The first-order chi connectivity index (χ1) is 13.1. The molecule has 0 atom stereocenters. The van der Waals surface area contributed by atoms with Crippen LogP contribution in [0.3, 0.4) is 0 Å². The lowest BCUT2D eigenvalue weighted by molar-refractivity contribution is -0.115. The van der Waals surface area contributed by atoms with Crippen LogP contribution in [0.4, 0.5) is 15.8 Å². The van der Waals surface area contributed by atoms with E-state index >= 15 is 0 Å². The Hall–Kier alpha value is -3.06. The van der Waals surface area contributed by atoms with Gasteiger partial charge >= 0.3 is 0 Å². The van der Waals surface area contributed by atoms with Crippen molar-refractivity contribution in [2.24, 2.45) is 0 Å². The van der Waals surface area contributed by atoms with Gasteiger partial charge in [-0.3, -0.25) is 9.59 Å². The van der Waals surface area contributed by atoms with Crippen LogP contribution in [0.25, 0.3) is 0 Å². The third-order valence-corrected chi connectivity index (χ3v) is 4.65. The first kappa shape index (κ1) is 18.7. The highest BCUT2D eigenvalue weighted by atomic mass is 32.2. The molecular weight excluding hydrogens is 367 g/mol. The first-order valence-corrected chi connectivity index (χ1v) is 9.22. The minimum atomic E-state index is -0.345. The van der Waals surface area contributed by atoms with Crippen molar-refractivity contribution < 1.29 is 18.4 Å². The van der Waals surface area contributed by atoms with E-state index in [4.69, 9.17) is 4.42 Å². The second-order valence-corrected chi connectivity index (χ2v) is 6.72. The molecule has 0 aliphatic heterocycles. The van der Waals surface area contributed by atoms with E-state index < -0.39 is 0 Å². The van der Waals surface area contributed by atoms with Gasteiger partial charge in [-0.2, -0.15) is 0 Å². The fourth-order valence-corrected chi connectivity index (χ4v) is 3.16. The summed E-state index contributed by atoms with van der Waals surface area (Å²) in [7, 11) is 0. The third kappa shape index (κ3) is 5.46. The summed E-state index contributed by atoms with van der Waals surface area (Å²) in [6.45, 7) is 0. The fraction of sp³-hybridized carbons (Fsp3) is 0.100. The zero-order valence-electron chi connectivity index (χ0n) is 14.3. The highest BCUT2D eigenvalue weighted by Crippen LogP contribution is 2.22. The summed E-state index contributed by atoms with van der Waals surface area (Å²) in [6, 6.07) is 16.4. The summed E-state index contributed by atoms with van der Waals surface area (Å²) in [6.07, 6.45) is 1.69. The highest BCUT2D eigenvalue weighted by molar-refractivity contribution is 7.99. The zero-order chi connectivity index (χ0) is 19.1. The molecule has 0 spiro atoms. The Labute approximate surface area is 160 Å². The summed E-state index contributed by atoms with van der Waals surface area (Å²) in [5.74, 6) is -0.0904. The summed E-state index contributed by atoms with van der Waals surface area (Å²) in [4.78, 5) is 24.4. The topological polar surface area (TPSA) is 71.3 Å². The quantitative estimate of drug-likeness (QED) is 0.575. The zero-order valence-corrected chi connectivity index (χ0v) is 15.1. The third-order valence-electron chi connectivity index (χ3n) is 3.59. The summed E-state index contributed by atoms with van der Waals surface area (Å²) >= 11 is 1.30. The Morgan fingerprint density at radius 3 is 2.30 bits per heavy atom. The Balaban J connectivity index is 1.45. The number of carbonyl (C=O) groups excluding carboxylic acids is 2. The lowest BCUT2D eigenvalue weighted by Crippen LogP contribution is -2.13. The van der Waals surface area contributed by atoms with E-state index in [1.54, 1.807) is 54.6 Å². The Bertz CT molecular complexity index is 911. The van der Waals surface area contributed by atoms with Crippen LogP contribution in [-0.4, -0.2) is 17.6 Å². The van der Waals surface area contributed by atoms with Gasteiger partial charge in [-0.1, -0.05) is 12.1 Å². The van der Waals surface area contributed by atoms with Gasteiger partial charge in [-0.05, 0) is 48.5 Å². The Morgan fingerprint density at radius 1 is 0.926 bits per heavy atom. The lowest BCUT2D eigenvalue weighted by atomic mass is 10.2. The molecule has 5 nitrogen and oxygen atoms in total. The molecule has 1 heterocycles. The first-order valence-electron chi connectivity index (χ1n) is 8.24. The molecule has 2 amide bonds. The van der Waals surface area contributed by atoms with Gasteiger partial charge in [-0.25, -0.2) is 4.39 Å². The standard InChI is InChI=1S/C20H17FN2O3S/c21-16-4-1-2-6-18(16)27-13-11-19(24)22-14-7-9-15(10-8-14)23-20(25)17-5-3-12-26-17/h1-10,12H,11,13H2,(H,22,24)(H,23,25). The van der Waals surface area contributed by atoms with Crippen molar-refractivity contribution in [2.75, 3.05) is 16.4 Å². The number of thioether (sulfide) groups is 1. The molecule has 1 aromatic heterocycles. The summed E-state index contributed by atoms with van der Waals surface area (Å²) in [5.41, 5.74) is 1.20. The number of hydrogen-bond acceptors (Lipinski definition) is 4. The lowest BCUT2D eigenvalue weighted by Gasteiger charge is -2.07. The predicted molar refractivity (Wildman–Crippen MR) is 103 cm³/mol. The number of amides is 2. The van der Waals surface area contributed by atoms with Gasteiger partial charge in [0.15, 0.2) is 5.76 Å². The minimum absolute atomic E-state index is 0.161. The monoisotopic (exact) mass is 384 g/mol. The van der Waals surface area contributed by atoms with Crippen LogP contribution in [0.1, 0.15) is 17.0 Å². The van der Waals surface area contributed by atoms with Gasteiger partial charge in [-0.15, -0.1) is 11.8 Å². The maximum Gasteiger partial charge on any atom is 0.291 e. The van der Waals surface area contributed by atoms with E-state index in [-0.39, 0.29) is 29.8 Å². The number of benzene rings is 2. The minimum Gasteiger partial charge on any atom is -0.459 e. The van der Waals surface area contributed by atoms with Gasteiger partial charge < -0.3 is 15.1 Å². The molecule has 3 rings (SSSR count). The van der Waals surface area contributed by atoms with Crippen molar-refractivity contribution in [1.29, 1.82) is 0 Å². The Kier molecular flexibility index (Phi) is 6.27. The number of furan rings is 1. The second kappa shape index (κ2) is 9.05. The number of halogens is 1. The number of carbonyl (C=O) groups is 2. The van der Waals surface area contributed by atoms with Crippen LogP contribution in [0.5, 0.6) is 0 Å². The molecule has 138 valence electrons. The van der Waals surface area contributed by atoms with Crippen molar-refractivity contribution in [3.8, 4) is 0 Å². The second-order valence-electron chi connectivity index (χ2n) is 5.59. The van der Waals surface area contributed by atoms with E-state index in [0.29, 0.717) is 22.0 Å². The molecule has 2 N–H and O–H groups in total. The molecule has 7 heteroatoms. The molecule has 0 aliphatic carbocycles. The smallest absolute Gasteiger partial charge is 0.291 e. The van der Waals surface area contributed by atoms with Gasteiger partial charge in [0.25, 0.3) is 5.91 Å². The average molecular weight is 384 g/mol. The maximum absolute atomic E-state index is 13.5. The van der Waals surface area contributed by atoms with Crippen molar-refractivity contribution in [3.05, 3.63) is 78.5 Å². The van der Waals surface area contributed by atoms with E-state index in [0.717, 1.165) is 0 Å². The van der Waals surface area contributed by atoms with Crippen LogP contribution >= 0.6 is 11.8 Å².